The van der Waals surface area contributed by atoms with E-state index in [9.17, 15) is 13.6 Å². The van der Waals surface area contributed by atoms with Gasteiger partial charge in [-0.25, -0.2) is 8.78 Å². The zero-order valence-electron chi connectivity index (χ0n) is 14.5. The lowest BCUT2D eigenvalue weighted by atomic mass is 9.76. The van der Waals surface area contributed by atoms with Crippen molar-refractivity contribution in [2.24, 2.45) is 17.3 Å². The van der Waals surface area contributed by atoms with E-state index >= 15 is 0 Å². The first-order valence-corrected chi connectivity index (χ1v) is 9.86. The number of rotatable bonds is 4. The Labute approximate surface area is 143 Å². The van der Waals surface area contributed by atoms with Gasteiger partial charge in [0.15, 0.2) is 0 Å². The van der Waals surface area contributed by atoms with Crippen molar-refractivity contribution < 1.29 is 13.6 Å². The maximum absolute atomic E-state index is 13.0. The molecule has 1 heterocycles. The number of hydrogen-bond donors (Lipinski definition) is 1. The molecule has 4 aliphatic rings. The molecule has 4 rings (SSSR count). The fourth-order valence-corrected chi connectivity index (χ4v) is 5.80. The molecular weight excluding hydrogens is 310 g/mol. The molecule has 3 aliphatic carbocycles. The van der Waals surface area contributed by atoms with Gasteiger partial charge in [-0.2, -0.15) is 0 Å². The Hall–Kier alpha value is -0.710. The van der Waals surface area contributed by atoms with Crippen LogP contribution in [0.25, 0.3) is 0 Å². The molecule has 5 heteroatoms. The summed E-state index contributed by atoms with van der Waals surface area (Å²) in [6.45, 7) is 3.36. The number of hydrogen-bond acceptors (Lipinski definition) is 2. The van der Waals surface area contributed by atoms with Crippen LogP contribution in [0.1, 0.15) is 64.2 Å². The highest BCUT2D eigenvalue weighted by molar-refractivity contribution is 5.80. The number of nitrogens with zero attached hydrogens (tertiary/aromatic N) is 1. The Kier molecular flexibility index (Phi) is 4.34. The Morgan fingerprint density at radius 3 is 2.54 bits per heavy atom. The summed E-state index contributed by atoms with van der Waals surface area (Å²) in [5.74, 6) is -1.61. The van der Waals surface area contributed by atoms with Crippen LogP contribution in [0.4, 0.5) is 8.78 Å². The van der Waals surface area contributed by atoms with E-state index in [-0.39, 0.29) is 36.1 Å². The monoisotopic (exact) mass is 340 g/mol. The van der Waals surface area contributed by atoms with Crippen molar-refractivity contribution in [1.29, 1.82) is 0 Å². The summed E-state index contributed by atoms with van der Waals surface area (Å²) >= 11 is 0. The standard InChI is InChI=1S/C19H30F2N2O/c20-19(21)10-15(11-19)22-17(24)16-6-3-7-18(16)8-9-23(13-18)12-14-4-1-2-5-14/h14-16H,1-13H2,(H,22,24)/t16-,18+/m0/s1. The van der Waals surface area contributed by atoms with Crippen LogP contribution in [0.3, 0.4) is 0 Å². The first kappa shape index (κ1) is 16.7. The van der Waals surface area contributed by atoms with Gasteiger partial charge < -0.3 is 10.2 Å². The van der Waals surface area contributed by atoms with Gasteiger partial charge in [0.1, 0.15) is 0 Å². The molecule has 0 aromatic heterocycles. The normalized spacial score (nSPS) is 37.2. The molecule has 1 amide bonds. The number of halogens is 2. The molecule has 2 atom stereocenters. The third-order valence-corrected chi connectivity index (χ3v) is 7.12. The molecule has 0 aromatic carbocycles. The highest BCUT2D eigenvalue weighted by atomic mass is 19.3. The van der Waals surface area contributed by atoms with E-state index in [1.807, 2.05) is 0 Å². The van der Waals surface area contributed by atoms with Crippen molar-refractivity contribution in [2.45, 2.75) is 76.2 Å². The highest BCUT2D eigenvalue weighted by Gasteiger charge is 2.52. The lowest BCUT2D eigenvalue weighted by Gasteiger charge is -2.38. The van der Waals surface area contributed by atoms with Crippen LogP contribution in [-0.4, -0.2) is 42.4 Å². The van der Waals surface area contributed by atoms with Gasteiger partial charge in [-0.05, 0) is 50.0 Å². The maximum Gasteiger partial charge on any atom is 0.252 e. The van der Waals surface area contributed by atoms with Crippen LogP contribution in [0.5, 0.6) is 0 Å². The van der Waals surface area contributed by atoms with E-state index in [4.69, 9.17) is 0 Å². The SMILES string of the molecule is O=C(NC1CC(F)(F)C1)[C@@H]1CCC[C@]12CCN(CC1CCCC1)C2. The number of amides is 1. The highest BCUT2D eigenvalue weighted by Crippen LogP contribution is 2.50. The summed E-state index contributed by atoms with van der Waals surface area (Å²) < 4.78 is 26.0. The van der Waals surface area contributed by atoms with Crippen molar-refractivity contribution >= 4 is 5.91 Å². The van der Waals surface area contributed by atoms with Gasteiger partial charge in [-0.3, -0.25) is 4.79 Å². The smallest absolute Gasteiger partial charge is 0.252 e. The van der Waals surface area contributed by atoms with Gasteiger partial charge in [0.2, 0.25) is 5.91 Å². The molecule has 136 valence electrons. The van der Waals surface area contributed by atoms with Crippen LogP contribution in [0.2, 0.25) is 0 Å². The molecule has 1 spiro atoms. The van der Waals surface area contributed by atoms with Crippen LogP contribution in [0, 0.1) is 17.3 Å². The van der Waals surface area contributed by atoms with Crippen LogP contribution >= 0.6 is 0 Å². The third-order valence-electron chi connectivity index (χ3n) is 7.12. The van der Waals surface area contributed by atoms with E-state index in [0.29, 0.717) is 0 Å². The second-order valence-electron chi connectivity index (χ2n) is 8.91. The molecule has 4 fully saturated rings. The third kappa shape index (κ3) is 3.21. The van der Waals surface area contributed by atoms with Gasteiger partial charge >= 0.3 is 0 Å². The van der Waals surface area contributed by atoms with E-state index in [0.717, 1.165) is 44.7 Å². The maximum atomic E-state index is 13.0. The Morgan fingerprint density at radius 2 is 1.83 bits per heavy atom. The molecule has 0 aromatic rings. The Bertz CT molecular complexity index is 484. The second-order valence-corrected chi connectivity index (χ2v) is 8.91. The molecule has 3 nitrogen and oxygen atoms in total. The minimum atomic E-state index is -2.56. The van der Waals surface area contributed by atoms with E-state index in [1.54, 1.807) is 0 Å². The average Bonchev–Trinajstić information content (AvgIpc) is 3.20. The quantitative estimate of drug-likeness (QED) is 0.848. The topological polar surface area (TPSA) is 32.3 Å². The summed E-state index contributed by atoms with van der Waals surface area (Å²) in [4.78, 5) is 15.3. The van der Waals surface area contributed by atoms with Crippen LogP contribution in [0.15, 0.2) is 0 Å². The second kappa shape index (κ2) is 6.22. The number of likely N-dealkylation sites (tertiary alicyclic amines) is 1. The number of carbonyl (C=O) groups excluding carboxylic acids is 1. The predicted octanol–water partition coefficient (Wildman–Crippen LogP) is 3.58. The molecule has 0 bridgehead atoms. The van der Waals surface area contributed by atoms with Crippen molar-refractivity contribution in [2.75, 3.05) is 19.6 Å². The first-order valence-electron chi connectivity index (χ1n) is 9.86. The Balaban J connectivity index is 1.33. The zero-order valence-corrected chi connectivity index (χ0v) is 14.5. The van der Waals surface area contributed by atoms with Gasteiger partial charge in [0.25, 0.3) is 5.92 Å². The molecule has 0 unspecified atom stereocenters. The minimum Gasteiger partial charge on any atom is -0.353 e. The fourth-order valence-electron chi connectivity index (χ4n) is 5.80. The van der Waals surface area contributed by atoms with Crippen molar-refractivity contribution in [3.05, 3.63) is 0 Å². The van der Waals surface area contributed by atoms with Crippen LogP contribution < -0.4 is 5.32 Å². The van der Waals surface area contributed by atoms with E-state index < -0.39 is 5.92 Å². The van der Waals surface area contributed by atoms with Gasteiger partial charge in [-0.1, -0.05) is 19.3 Å². The Morgan fingerprint density at radius 1 is 1.08 bits per heavy atom. The van der Waals surface area contributed by atoms with Crippen molar-refractivity contribution in [3.8, 4) is 0 Å². The van der Waals surface area contributed by atoms with Crippen molar-refractivity contribution in [1.82, 2.24) is 10.2 Å². The summed E-state index contributed by atoms with van der Waals surface area (Å²) in [7, 11) is 0. The molecule has 3 saturated carbocycles. The molecule has 1 saturated heterocycles. The number of alkyl halides is 2. The lowest BCUT2D eigenvalue weighted by Crippen LogP contribution is -2.53. The molecule has 1 N–H and O–H groups in total. The van der Waals surface area contributed by atoms with Gasteiger partial charge in [-0.15, -0.1) is 0 Å². The molecule has 1 aliphatic heterocycles. The zero-order chi connectivity index (χ0) is 16.8. The van der Waals surface area contributed by atoms with E-state index in [2.05, 4.69) is 10.2 Å². The predicted molar refractivity (Wildman–Crippen MR) is 88.9 cm³/mol. The summed E-state index contributed by atoms with van der Waals surface area (Å²) in [6.07, 6.45) is 9.42. The lowest BCUT2D eigenvalue weighted by molar-refractivity contribution is -0.135. The molecular formula is C19H30F2N2O. The molecule has 24 heavy (non-hydrogen) atoms. The molecule has 0 radical (unpaired) electrons. The largest absolute Gasteiger partial charge is 0.353 e. The minimum absolute atomic E-state index is 0.0419. The summed E-state index contributed by atoms with van der Waals surface area (Å²) in [5, 5.41) is 2.92. The number of nitrogens with one attached hydrogen (secondary N) is 1. The average molecular weight is 340 g/mol. The summed E-state index contributed by atoms with van der Waals surface area (Å²) in [5.41, 5.74) is 0.120. The fraction of sp³-hybridized carbons (Fsp3) is 0.947. The van der Waals surface area contributed by atoms with Gasteiger partial charge in [0.05, 0.1) is 0 Å². The van der Waals surface area contributed by atoms with Crippen LogP contribution in [-0.2, 0) is 4.79 Å². The first-order chi connectivity index (χ1) is 11.5. The summed E-state index contributed by atoms with van der Waals surface area (Å²) in [6, 6.07) is -0.304. The number of carbonyl (C=O) groups is 1. The van der Waals surface area contributed by atoms with E-state index in [1.165, 1.54) is 32.2 Å². The van der Waals surface area contributed by atoms with Gasteiger partial charge in [0, 0.05) is 37.9 Å². The van der Waals surface area contributed by atoms with Crippen molar-refractivity contribution in [3.63, 3.8) is 0 Å².